The molecule has 0 heterocycles. The fourth-order valence-electron chi connectivity index (χ4n) is 4.12. The van der Waals surface area contributed by atoms with Crippen molar-refractivity contribution in [2.75, 3.05) is 6.54 Å². The summed E-state index contributed by atoms with van der Waals surface area (Å²) in [4.78, 5) is 35.9. The standard InChI is InChI=1S/C20H35NO6/c1-5-9-10-11-12-13-14-21(15(6-2)18(22)23,16(7-3)19(24)25)17(8-4)20(26)27/h11-12,15-17H,5-10,13-14H2,1-4H3,(H2-,22,23,24,25,26,27)/b12-11+. The first-order valence-corrected chi connectivity index (χ1v) is 9.92. The second kappa shape index (κ2) is 12.5. The molecule has 0 saturated carbocycles. The SMILES string of the molecule is CCCC/C=C/CC[N+](C(CC)C(=O)[O-])(C(CC)C(=O)O)C(CC)C(=O)O. The van der Waals surface area contributed by atoms with E-state index in [1.807, 2.05) is 12.2 Å². The van der Waals surface area contributed by atoms with Gasteiger partial charge >= 0.3 is 11.9 Å². The number of rotatable bonds is 15. The van der Waals surface area contributed by atoms with Crippen LogP contribution in [0.2, 0.25) is 0 Å². The van der Waals surface area contributed by atoms with Gasteiger partial charge in [0.25, 0.3) is 0 Å². The number of hydrogen-bond acceptors (Lipinski definition) is 4. The lowest BCUT2D eigenvalue weighted by molar-refractivity contribution is -0.974. The maximum atomic E-state index is 12.0. The van der Waals surface area contributed by atoms with Crippen LogP contribution in [0.4, 0.5) is 0 Å². The third-order valence-electron chi connectivity index (χ3n) is 5.32. The smallest absolute Gasteiger partial charge is 0.362 e. The highest BCUT2D eigenvalue weighted by molar-refractivity contribution is 5.77. The molecule has 7 nitrogen and oxygen atoms in total. The molecule has 0 amide bonds. The first-order chi connectivity index (χ1) is 12.7. The molecule has 0 radical (unpaired) electrons. The number of allylic oxidation sites excluding steroid dienone is 1. The van der Waals surface area contributed by atoms with E-state index in [9.17, 15) is 29.7 Å². The number of carboxylic acid groups (broad SMARTS) is 3. The van der Waals surface area contributed by atoms with Crippen molar-refractivity contribution in [3.63, 3.8) is 0 Å². The molecular weight excluding hydrogens is 350 g/mol. The van der Waals surface area contributed by atoms with E-state index >= 15 is 0 Å². The van der Waals surface area contributed by atoms with E-state index in [2.05, 4.69) is 6.92 Å². The molecule has 0 spiro atoms. The highest BCUT2D eigenvalue weighted by atomic mass is 16.4. The highest BCUT2D eigenvalue weighted by Gasteiger charge is 2.53. The van der Waals surface area contributed by atoms with Crippen molar-refractivity contribution in [3.05, 3.63) is 12.2 Å². The van der Waals surface area contributed by atoms with Crippen LogP contribution in [0.25, 0.3) is 0 Å². The van der Waals surface area contributed by atoms with Gasteiger partial charge in [-0.15, -0.1) is 0 Å². The Bertz CT molecular complexity index is 462. The van der Waals surface area contributed by atoms with Crippen LogP contribution in [0.1, 0.15) is 72.6 Å². The molecule has 0 aromatic heterocycles. The van der Waals surface area contributed by atoms with Gasteiger partial charge in [0.05, 0.1) is 12.5 Å². The Labute approximate surface area is 162 Å². The maximum absolute atomic E-state index is 12.0. The average Bonchev–Trinajstić information content (AvgIpc) is 2.58. The molecule has 0 aliphatic carbocycles. The number of quaternary nitrogens is 1. The zero-order valence-electron chi connectivity index (χ0n) is 17.0. The minimum Gasteiger partial charge on any atom is -0.544 e. The third kappa shape index (κ3) is 6.34. The van der Waals surface area contributed by atoms with Crippen molar-refractivity contribution in [2.45, 2.75) is 90.8 Å². The Morgan fingerprint density at radius 2 is 1.30 bits per heavy atom. The molecule has 3 atom stereocenters. The number of aliphatic carboxylic acids is 3. The van der Waals surface area contributed by atoms with E-state index in [0.29, 0.717) is 6.42 Å². The second-order valence-electron chi connectivity index (χ2n) is 6.89. The van der Waals surface area contributed by atoms with Crippen LogP contribution in [-0.2, 0) is 14.4 Å². The third-order valence-corrected chi connectivity index (χ3v) is 5.32. The topological polar surface area (TPSA) is 115 Å². The van der Waals surface area contributed by atoms with Gasteiger partial charge in [-0.25, -0.2) is 9.59 Å². The molecule has 0 aliphatic heterocycles. The lowest BCUT2D eigenvalue weighted by atomic mass is 9.94. The van der Waals surface area contributed by atoms with Crippen LogP contribution in [-0.4, -0.2) is 57.3 Å². The van der Waals surface area contributed by atoms with Crippen LogP contribution in [0.5, 0.6) is 0 Å². The molecule has 2 N–H and O–H groups in total. The summed E-state index contributed by atoms with van der Waals surface area (Å²) in [5.74, 6) is -3.74. The monoisotopic (exact) mass is 385 g/mol. The minimum atomic E-state index is -1.40. The van der Waals surface area contributed by atoms with Gasteiger partial charge in [-0.3, -0.25) is 4.48 Å². The first kappa shape index (κ1) is 25.1. The molecule has 3 unspecified atom stereocenters. The molecule has 27 heavy (non-hydrogen) atoms. The number of unbranched alkanes of at least 4 members (excludes halogenated alkanes) is 2. The Balaban J connectivity index is 6.21. The lowest BCUT2D eigenvalue weighted by Crippen LogP contribution is -2.73. The maximum Gasteiger partial charge on any atom is 0.362 e. The largest absolute Gasteiger partial charge is 0.544 e. The van der Waals surface area contributed by atoms with Crippen molar-refractivity contribution in [1.82, 2.24) is 0 Å². The fourth-order valence-corrected chi connectivity index (χ4v) is 4.12. The predicted octanol–water partition coefficient (Wildman–Crippen LogP) is 2.19. The summed E-state index contributed by atoms with van der Waals surface area (Å²) in [6, 6.07) is -3.45. The summed E-state index contributed by atoms with van der Waals surface area (Å²) in [7, 11) is 0. The van der Waals surface area contributed by atoms with Gasteiger partial charge in [0.15, 0.2) is 12.1 Å². The number of carbonyl (C=O) groups is 3. The van der Waals surface area contributed by atoms with Crippen LogP contribution in [0.15, 0.2) is 12.2 Å². The molecule has 0 aromatic carbocycles. The Morgan fingerprint density at radius 1 is 0.852 bits per heavy atom. The van der Waals surface area contributed by atoms with E-state index in [1.54, 1.807) is 20.8 Å². The van der Waals surface area contributed by atoms with Gasteiger partial charge in [0.2, 0.25) is 0 Å². The average molecular weight is 386 g/mol. The van der Waals surface area contributed by atoms with Crippen molar-refractivity contribution in [2.24, 2.45) is 0 Å². The Hall–Kier alpha value is -1.89. The van der Waals surface area contributed by atoms with Crippen molar-refractivity contribution in [1.29, 1.82) is 0 Å². The summed E-state index contributed by atoms with van der Waals surface area (Å²) in [5, 5.41) is 31.5. The quantitative estimate of drug-likeness (QED) is 0.254. The highest BCUT2D eigenvalue weighted by Crippen LogP contribution is 2.31. The zero-order chi connectivity index (χ0) is 21.0. The van der Waals surface area contributed by atoms with E-state index in [1.165, 1.54) is 0 Å². The van der Waals surface area contributed by atoms with Gasteiger partial charge in [-0.1, -0.05) is 52.7 Å². The van der Waals surface area contributed by atoms with E-state index in [0.717, 1.165) is 19.3 Å². The number of carboxylic acids is 3. The summed E-state index contributed by atoms with van der Waals surface area (Å²) in [6.07, 6.45) is 7.67. The van der Waals surface area contributed by atoms with Gasteiger partial charge in [0, 0.05) is 25.7 Å². The first-order valence-electron chi connectivity index (χ1n) is 9.92. The van der Waals surface area contributed by atoms with Gasteiger partial charge in [-0.05, 0) is 6.42 Å². The van der Waals surface area contributed by atoms with Crippen LogP contribution >= 0.6 is 0 Å². The van der Waals surface area contributed by atoms with Crippen LogP contribution in [0.3, 0.4) is 0 Å². The van der Waals surface area contributed by atoms with Crippen LogP contribution in [0, 0.1) is 0 Å². The van der Waals surface area contributed by atoms with Crippen molar-refractivity contribution in [3.8, 4) is 0 Å². The van der Waals surface area contributed by atoms with Crippen LogP contribution < -0.4 is 5.11 Å². The van der Waals surface area contributed by atoms with E-state index in [-0.39, 0.29) is 25.8 Å². The summed E-state index contributed by atoms with van der Waals surface area (Å²) >= 11 is 0. The fraction of sp³-hybridized carbons (Fsp3) is 0.750. The molecule has 156 valence electrons. The molecule has 0 bridgehead atoms. The molecule has 0 rings (SSSR count). The van der Waals surface area contributed by atoms with Crippen molar-refractivity contribution < 1.29 is 34.2 Å². The summed E-state index contributed by atoms with van der Waals surface area (Å²) in [6.45, 7) is 7.15. The zero-order valence-corrected chi connectivity index (χ0v) is 17.0. The second-order valence-corrected chi connectivity index (χ2v) is 6.89. The molecule has 7 heteroatoms. The van der Waals surface area contributed by atoms with E-state index in [4.69, 9.17) is 0 Å². The predicted molar refractivity (Wildman–Crippen MR) is 101 cm³/mol. The van der Waals surface area contributed by atoms with Crippen molar-refractivity contribution >= 4 is 17.9 Å². The normalized spacial score (nSPS) is 17.2. The van der Waals surface area contributed by atoms with E-state index < -0.39 is 40.5 Å². The Morgan fingerprint density at radius 3 is 1.63 bits per heavy atom. The summed E-state index contributed by atoms with van der Waals surface area (Å²) in [5.41, 5.74) is 0. The Kier molecular flexibility index (Phi) is 11.6. The number of hydrogen-bond donors (Lipinski definition) is 2. The number of carbonyl (C=O) groups excluding carboxylic acids is 1. The number of nitrogens with zero attached hydrogens (tertiary/aromatic N) is 1. The summed E-state index contributed by atoms with van der Waals surface area (Å²) < 4.78 is -0.519. The molecule has 0 saturated heterocycles. The molecule has 0 aromatic rings. The molecule has 0 aliphatic rings. The van der Waals surface area contributed by atoms with Gasteiger partial charge < -0.3 is 20.1 Å². The lowest BCUT2D eigenvalue weighted by Gasteiger charge is -2.51. The molecular formula is C20H35NO6. The van der Waals surface area contributed by atoms with Gasteiger partial charge in [-0.2, -0.15) is 0 Å². The molecule has 0 fully saturated rings. The minimum absolute atomic E-state index is 0.107. The van der Waals surface area contributed by atoms with Gasteiger partial charge in [0.1, 0.15) is 6.04 Å².